The fraction of sp³-hybridized carbons (Fsp3) is 0.565. The number of pyridine rings is 2. The molecule has 12 heteroatoms. The number of hydrogen-bond acceptors (Lipinski definition) is 8. The van der Waals surface area contributed by atoms with Crippen LogP contribution in [0.4, 0.5) is 18.9 Å². The van der Waals surface area contributed by atoms with Crippen LogP contribution in [-0.2, 0) is 4.74 Å². The van der Waals surface area contributed by atoms with Gasteiger partial charge in [-0.2, -0.15) is 0 Å². The fourth-order valence-electron chi connectivity index (χ4n) is 10.8. The van der Waals surface area contributed by atoms with Crippen molar-refractivity contribution in [3.8, 4) is 40.2 Å². The maximum atomic E-state index is 17.8. The molecule has 4 aliphatic rings. The van der Waals surface area contributed by atoms with Crippen molar-refractivity contribution in [1.82, 2.24) is 14.9 Å². The summed E-state index contributed by atoms with van der Waals surface area (Å²) in [5.41, 5.74) is 5.54. The Balaban J connectivity index is 1.36. The van der Waals surface area contributed by atoms with E-state index in [9.17, 15) is 4.39 Å². The van der Waals surface area contributed by atoms with Gasteiger partial charge in [0.2, 0.25) is 11.8 Å². The maximum Gasteiger partial charge on any atom is 0.225 e. The highest BCUT2D eigenvalue weighted by atomic mass is 28.3. The van der Waals surface area contributed by atoms with Crippen LogP contribution in [-0.4, -0.2) is 87.4 Å². The molecule has 0 bridgehead atoms. The molecule has 0 aliphatic carbocycles. The zero-order valence-corrected chi connectivity index (χ0v) is 36.0. The Morgan fingerprint density at radius 3 is 2.50 bits per heavy atom. The lowest BCUT2D eigenvalue weighted by Gasteiger charge is -2.38. The lowest BCUT2D eigenvalue weighted by Crippen LogP contribution is -2.43. The third-order valence-corrected chi connectivity index (χ3v) is 19.9. The van der Waals surface area contributed by atoms with E-state index in [0.717, 1.165) is 57.3 Å². The highest BCUT2D eigenvalue weighted by Crippen LogP contribution is 2.47. The smallest absolute Gasteiger partial charge is 0.225 e. The van der Waals surface area contributed by atoms with Crippen LogP contribution in [0.2, 0.25) is 16.6 Å². The van der Waals surface area contributed by atoms with E-state index < -0.39 is 31.4 Å². The highest BCUT2D eigenvalue weighted by Gasteiger charge is 2.49. The summed E-state index contributed by atoms with van der Waals surface area (Å²) in [4.78, 5) is 14.3. The average molecular weight is 815 g/mol. The summed E-state index contributed by atoms with van der Waals surface area (Å²) in [7, 11) is -0.771. The Labute approximate surface area is 341 Å². The molecule has 4 aliphatic heterocycles. The first-order chi connectivity index (χ1) is 27.9. The van der Waals surface area contributed by atoms with Crippen molar-refractivity contribution in [2.45, 2.75) is 121 Å². The Morgan fingerprint density at radius 1 is 0.948 bits per heavy atom. The molecule has 58 heavy (non-hydrogen) atoms. The minimum absolute atomic E-state index is 0.0441. The molecule has 4 aromatic rings. The third kappa shape index (κ3) is 7.09. The molecule has 3 atom stereocenters. The maximum absolute atomic E-state index is 17.8. The summed E-state index contributed by atoms with van der Waals surface area (Å²) in [5, 5.41) is 1.54. The fourth-order valence-corrected chi connectivity index (χ4v) is 16.0. The van der Waals surface area contributed by atoms with Gasteiger partial charge in [0.15, 0.2) is 12.6 Å². The Morgan fingerprint density at radius 2 is 1.74 bits per heavy atom. The minimum atomic E-state index is -2.30. The molecule has 0 N–H and O–H groups in total. The van der Waals surface area contributed by atoms with E-state index in [4.69, 9.17) is 28.9 Å². The number of ether oxygens (including phenoxy) is 4. The van der Waals surface area contributed by atoms with Gasteiger partial charge in [-0.05, 0) is 72.4 Å². The lowest BCUT2D eigenvalue weighted by molar-refractivity contribution is 0.0512. The van der Waals surface area contributed by atoms with Crippen LogP contribution >= 0.6 is 0 Å². The van der Waals surface area contributed by atoms with Crippen LogP contribution < -0.4 is 19.1 Å². The van der Waals surface area contributed by atoms with Gasteiger partial charge in [-0.3, -0.25) is 4.90 Å². The van der Waals surface area contributed by atoms with Crippen LogP contribution in [0.5, 0.6) is 17.5 Å². The van der Waals surface area contributed by atoms with E-state index in [1.54, 1.807) is 18.2 Å². The molecule has 0 amide bonds. The van der Waals surface area contributed by atoms with Crippen LogP contribution in [0.25, 0.3) is 32.9 Å². The monoisotopic (exact) mass is 814 g/mol. The van der Waals surface area contributed by atoms with Crippen LogP contribution in [0.15, 0.2) is 30.3 Å². The summed E-state index contributed by atoms with van der Waals surface area (Å²) in [5.74, 6) is 3.12. The predicted octanol–water partition coefficient (Wildman–Crippen LogP) is 10.4. The minimum Gasteiger partial charge on any atom is -0.476 e. The van der Waals surface area contributed by atoms with Crippen molar-refractivity contribution < 1.29 is 32.1 Å². The second-order valence-corrected chi connectivity index (χ2v) is 23.4. The van der Waals surface area contributed by atoms with Gasteiger partial charge in [-0.1, -0.05) is 66.4 Å². The summed E-state index contributed by atoms with van der Waals surface area (Å²) in [6.45, 7) is 15.9. The summed E-state index contributed by atoms with van der Waals surface area (Å²) >= 11 is 0. The molecule has 6 heterocycles. The van der Waals surface area contributed by atoms with Crippen molar-refractivity contribution in [2.24, 2.45) is 0 Å². The number of alkyl halides is 1. The van der Waals surface area contributed by atoms with Gasteiger partial charge in [0.1, 0.15) is 50.2 Å². The summed E-state index contributed by atoms with van der Waals surface area (Å²) in [6, 6.07) is 8.50. The van der Waals surface area contributed by atoms with E-state index in [0.29, 0.717) is 63.7 Å². The molecule has 0 radical (unpaired) electrons. The molecular weight excluding hydrogens is 758 g/mol. The number of methoxy groups -OCH3 is 1. The van der Waals surface area contributed by atoms with E-state index in [1.165, 1.54) is 13.2 Å². The van der Waals surface area contributed by atoms with Gasteiger partial charge in [0, 0.05) is 43.6 Å². The standard InChI is InChI=1S/C46H57F3N4O4Si/c1-28(2)58(29(3)4,30(5)6)19-15-35-37(48)14-13-31-20-34(57-27-54-7)21-36(40(31)35)43-42(49)44-41-38(53-18-10-8-9-12-33(53)25-55-45(41)51-43)22-39(50-44)56-26-46-16-11-17-52(46)24-32(47)23-46/h13-14,20-22,28-30,32-33H,8-12,16-18,23-27H2,1-7H3/t32-,33?,46+/m1/s1. The van der Waals surface area contributed by atoms with Gasteiger partial charge in [0.25, 0.3) is 0 Å². The average Bonchev–Trinajstić information content (AvgIpc) is 3.54. The number of hydrogen-bond donors (Lipinski definition) is 0. The van der Waals surface area contributed by atoms with E-state index in [1.807, 2.05) is 6.07 Å². The van der Waals surface area contributed by atoms with E-state index >= 15 is 8.78 Å². The van der Waals surface area contributed by atoms with Crippen LogP contribution in [0, 0.1) is 23.1 Å². The molecular formula is C46H57F3N4O4Si. The summed E-state index contributed by atoms with van der Waals surface area (Å²) in [6.07, 6.45) is 5.38. The van der Waals surface area contributed by atoms with E-state index in [2.05, 4.69) is 62.8 Å². The Kier molecular flexibility index (Phi) is 11.4. The molecule has 0 spiro atoms. The molecule has 3 saturated heterocycles. The van der Waals surface area contributed by atoms with Crippen LogP contribution in [0.3, 0.4) is 0 Å². The van der Waals surface area contributed by atoms with Crippen LogP contribution in [0.1, 0.15) is 92.1 Å². The lowest BCUT2D eigenvalue weighted by atomic mass is 9.95. The van der Waals surface area contributed by atoms with Gasteiger partial charge < -0.3 is 23.8 Å². The molecule has 0 saturated carbocycles. The van der Waals surface area contributed by atoms with Crippen molar-refractivity contribution in [2.75, 3.05) is 51.7 Å². The van der Waals surface area contributed by atoms with Gasteiger partial charge >= 0.3 is 0 Å². The largest absolute Gasteiger partial charge is 0.476 e. The molecule has 2 aromatic heterocycles. The van der Waals surface area contributed by atoms with Crippen molar-refractivity contribution in [3.05, 3.63) is 47.5 Å². The molecule has 8 rings (SSSR count). The number of anilines is 1. The first-order valence-corrected chi connectivity index (χ1v) is 23.5. The number of benzene rings is 2. The van der Waals surface area contributed by atoms with E-state index in [-0.39, 0.29) is 48.0 Å². The molecule has 3 fully saturated rings. The first-order valence-electron chi connectivity index (χ1n) is 21.2. The topological polar surface area (TPSA) is 69.2 Å². The molecule has 1 unspecified atom stereocenters. The van der Waals surface area contributed by atoms with Gasteiger partial charge in [-0.15, -0.1) is 5.54 Å². The number of fused-ring (bicyclic) bond motifs is 4. The highest BCUT2D eigenvalue weighted by molar-refractivity contribution is 6.90. The number of halogens is 3. The zero-order chi connectivity index (χ0) is 40.9. The quantitative estimate of drug-likeness (QED) is 0.0891. The SMILES string of the molecule is COCOc1cc(-c2nc3c4c(cc(OC[C@@]56CCCN5C[C@H](F)C6)nc4c2F)N2CCCCCC2CO3)c2c(C#C[Si](C(C)C)(C(C)C)C(C)C)c(F)ccc2c1. The normalized spacial score (nSPS) is 22.2. The second kappa shape index (κ2) is 16.2. The zero-order valence-electron chi connectivity index (χ0n) is 35.0. The third-order valence-electron chi connectivity index (χ3n) is 13.6. The number of aromatic nitrogens is 2. The second-order valence-electron chi connectivity index (χ2n) is 17.8. The number of rotatable bonds is 10. The molecule has 8 nitrogen and oxygen atoms in total. The Hall–Kier alpha value is -4.05. The Bertz CT molecular complexity index is 2240. The predicted molar refractivity (Wildman–Crippen MR) is 226 cm³/mol. The number of nitrogens with zero attached hydrogens (tertiary/aromatic N) is 4. The van der Waals surface area contributed by atoms with Crippen molar-refractivity contribution >= 4 is 35.4 Å². The first kappa shape index (κ1) is 40.7. The molecule has 310 valence electrons. The van der Waals surface area contributed by atoms with Crippen molar-refractivity contribution in [3.63, 3.8) is 0 Å². The van der Waals surface area contributed by atoms with Crippen molar-refractivity contribution in [1.29, 1.82) is 0 Å². The van der Waals surface area contributed by atoms with Gasteiger partial charge in [-0.25, -0.2) is 23.1 Å². The molecule has 2 aromatic carbocycles. The van der Waals surface area contributed by atoms with Gasteiger partial charge in [0.05, 0.1) is 28.2 Å². The summed E-state index contributed by atoms with van der Waals surface area (Å²) < 4.78 is 73.2.